The van der Waals surface area contributed by atoms with Crippen molar-refractivity contribution in [3.8, 4) is 17.2 Å². The first-order valence-electron chi connectivity index (χ1n) is 8.83. The second-order valence-corrected chi connectivity index (χ2v) is 6.92. The van der Waals surface area contributed by atoms with Crippen LogP contribution in [0.25, 0.3) is 16.6 Å². The highest BCUT2D eigenvalue weighted by molar-refractivity contribution is 7.99. The van der Waals surface area contributed by atoms with Crippen LogP contribution in [-0.4, -0.2) is 42.0 Å². The molecule has 7 nitrogen and oxygen atoms in total. The molecule has 150 valence electrons. The van der Waals surface area contributed by atoms with Gasteiger partial charge in [0.2, 0.25) is 5.91 Å². The van der Waals surface area contributed by atoms with Crippen molar-refractivity contribution >= 4 is 28.6 Å². The van der Waals surface area contributed by atoms with E-state index in [1.54, 1.807) is 49.6 Å². The van der Waals surface area contributed by atoms with E-state index in [9.17, 15) is 9.59 Å². The van der Waals surface area contributed by atoms with Crippen molar-refractivity contribution in [3.05, 3.63) is 65.5 Å². The molecular formula is C21H21N3O4S. The molecule has 1 amide bonds. The highest BCUT2D eigenvalue weighted by Gasteiger charge is 2.16. The number of amides is 1. The Morgan fingerprint density at radius 2 is 1.97 bits per heavy atom. The predicted molar refractivity (Wildman–Crippen MR) is 114 cm³/mol. The van der Waals surface area contributed by atoms with E-state index in [-0.39, 0.29) is 17.2 Å². The Morgan fingerprint density at radius 1 is 1.21 bits per heavy atom. The molecule has 0 aliphatic heterocycles. The first-order chi connectivity index (χ1) is 14.1. The van der Waals surface area contributed by atoms with Gasteiger partial charge in [0.15, 0.2) is 16.7 Å². The monoisotopic (exact) mass is 411 g/mol. The van der Waals surface area contributed by atoms with Gasteiger partial charge in [-0.15, -0.1) is 6.58 Å². The van der Waals surface area contributed by atoms with Crippen molar-refractivity contribution < 1.29 is 14.3 Å². The molecular weight excluding hydrogens is 390 g/mol. The molecule has 8 heteroatoms. The van der Waals surface area contributed by atoms with Crippen molar-refractivity contribution in [2.24, 2.45) is 0 Å². The zero-order valence-electron chi connectivity index (χ0n) is 16.2. The third-order valence-electron chi connectivity index (χ3n) is 4.15. The number of nitrogens with zero attached hydrogens (tertiary/aromatic N) is 2. The molecule has 1 heterocycles. The van der Waals surface area contributed by atoms with E-state index in [1.807, 2.05) is 6.07 Å². The number of hydrogen-bond donors (Lipinski definition) is 1. The zero-order chi connectivity index (χ0) is 20.8. The standard InChI is InChI=1S/C21H21N3O4S/c1-4-11-22-19(25)13-29-21-23-16-8-6-5-7-15(16)20(26)24(21)14-9-10-17(27-2)18(12-14)28-3/h4-10,12H,1,11,13H2,2-3H3,(H,22,25). The van der Waals surface area contributed by atoms with Crippen molar-refractivity contribution in [1.29, 1.82) is 0 Å². The van der Waals surface area contributed by atoms with E-state index in [4.69, 9.17) is 9.47 Å². The van der Waals surface area contributed by atoms with Gasteiger partial charge in [-0.1, -0.05) is 30.0 Å². The van der Waals surface area contributed by atoms with Crippen LogP contribution < -0.4 is 20.3 Å². The van der Waals surface area contributed by atoms with E-state index >= 15 is 0 Å². The molecule has 1 N–H and O–H groups in total. The van der Waals surface area contributed by atoms with Crippen LogP contribution >= 0.6 is 11.8 Å². The maximum atomic E-state index is 13.2. The first kappa shape index (κ1) is 20.5. The molecule has 1 aromatic heterocycles. The van der Waals surface area contributed by atoms with Gasteiger partial charge >= 0.3 is 0 Å². The van der Waals surface area contributed by atoms with E-state index in [0.717, 1.165) is 0 Å². The van der Waals surface area contributed by atoms with Gasteiger partial charge in [0.25, 0.3) is 5.56 Å². The van der Waals surface area contributed by atoms with Gasteiger partial charge in [-0.25, -0.2) is 4.98 Å². The van der Waals surface area contributed by atoms with Gasteiger partial charge in [-0.05, 0) is 24.3 Å². The summed E-state index contributed by atoms with van der Waals surface area (Å²) in [6.07, 6.45) is 1.61. The Balaban J connectivity index is 2.11. The first-order valence-corrected chi connectivity index (χ1v) is 9.82. The SMILES string of the molecule is C=CCNC(=O)CSc1nc2ccccc2c(=O)n1-c1ccc(OC)c(OC)c1. The molecule has 0 fully saturated rings. The number of methoxy groups -OCH3 is 2. The average molecular weight is 411 g/mol. The molecule has 3 aromatic rings. The minimum atomic E-state index is -0.225. The summed E-state index contributed by atoms with van der Waals surface area (Å²) >= 11 is 1.19. The fourth-order valence-electron chi connectivity index (χ4n) is 2.77. The third-order valence-corrected chi connectivity index (χ3v) is 5.08. The molecule has 29 heavy (non-hydrogen) atoms. The number of hydrogen-bond acceptors (Lipinski definition) is 6. The predicted octanol–water partition coefficient (Wildman–Crippen LogP) is 2.80. The number of rotatable bonds is 8. The molecule has 0 bridgehead atoms. The average Bonchev–Trinajstić information content (AvgIpc) is 2.75. The van der Waals surface area contributed by atoms with Crippen molar-refractivity contribution in [1.82, 2.24) is 14.9 Å². The Labute approximate surface area is 172 Å². The lowest BCUT2D eigenvalue weighted by molar-refractivity contribution is -0.118. The number of carbonyl (C=O) groups is 1. The molecule has 2 aromatic carbocycles. The molecule has 0 saturated heterocycles. The van der Waals surface area contributed by atoms with Crippen LogP contribution in [-0.2, 0) is 4.79 Å². The van der Waals surface area contributed by atoms with Gasteiger partial charge in [0, 0.05) is 12.6 Å². The van der Waals surface area contributed by atoms with Gasteiger partial charge in [0.05, 0.1) is 36.6 Å². The van der Waals surface area contributed by atoms with E-state index < -0.39 is 0 Å². The van der Waals surface area contributed by atoms with Crippen LogP contribution in [0.15, 0.2) is 65.1 Å². The summed E-state index contributed by atoms with van der Waals surface area (Å²) in [5.74, 6) is 0.989. The summed E-state index contributed by atoms with van der Waals surface area (Å²) in [4.78, 5) is 29.9. The molecule has 0 radical (unpaired) electrons. The van der Waals surface area contributed by atoms with Gasteiger partial charge < -0.3 is 14.8 Å². The van der Waals surface area contributed by atoms with Crippen LogP contribution in [0.5, 0.6) is 11.5 Å². The fourth-order valence-corrected chi connectivity index (χ4v) is 3.61. The van der Waals surface area contributed by atoms with Crippen LogP contribution in [0.2, 0.25) is 0 Å². The van der Waals surface area contributed by atoms with Gasteiger partial charge in [-0.2, -0.15) is 0 Å². The molecule has 0 aliphatic rings. The molecule has 0 unspecified atom stereocenters. The normalized spacial score (nSPS) is 10.6. The number of aromatic nitrogens is 2. The molecule has 0 aliphatic carbocycles. The number of ether oxygens (including phenoxy) is 2. The fraction of sp³-hybridized carbons (Fsp3) is 0.190. The highest BCUT2D eigenvalue weighted by Crippen LogP contribution is 2.30. The molecule has 0 spiro atoms. The summed E-state index contributed by atoms with van der Waals surface area (Å²) in [5.41, 5.74) is 0.917. The number of fused-ring (bicyclic) bond motifs is 1. The quantitative estimate of drug-likeness (QED) is 0.349. The van der Waals surface area contributed by atoms with Crippen molar-refractivity contribution in [2.75, 3.05) is 26.5 Å². The number of para-hydroxylation sites is 1. The Hall–Kier alpha value is -3.26. The van der Waals surface area contributed by atoms with Crippen LogP contribution in [0.3, 0.4) is 0 Å². The Morgan fingerprint density at radius 3 is 2.69 bits per heavy atom. The summed E-state index contributed by atoms with van der Waals surface area (Å²) in [6, 6.07) is 12.3. The van der Waals surface area contributed by atoms with Crippen LogP contribution in [0.4, 0.5) is 0 Å². The number of nitrogens with one attached hydrogen (secondary N) is 1. The molecule has 0 saturated carbocycles. The Kier molecular flexibility index (Phi) is 6.56. The third kappa shape index (κ3) is 4.43. The van der Waals surface area contributed by atoms with Crippen molar-refractivity contribution in [2.45, 2.75) is 5.16 Å². The Bertz CT molecular complexity index is 1110. The van der Waals surface area contributed by atoms with E-state index in [2.05, 4.69) is 16.9 Å². The summed E-state index contributed by atoms with van der Waals surface area (Å²) in [6.45, 7) is 3.96. The number of carbonyl (C=O) groups excluding carboxylic acids is 1. The maximum absolute atomic E-state index is 13.2. The smallest absolute Gasteiger partial charge is 0.266 e. The van der Waals surface area contributed by atoms with Gasteiger partial charge in [0.1, 0.15) is 0 Å². The minimum absolute atomic E-state index is 0.117. The van der Waals surface area contributed by atoms with Crippen LogP contribution in [0, 0.1) is 0 Å². The topological polar surface area (TPSA) is 82.5 Å². The second kappa shape index (κ2) is 9.29. The number of thioether (sulfide) groups is 1. The number of benzene rings is 2. The van der Waals surface area contributed by atoms with Gasteiger partial charge in [-0.3, -0.25) is 14.2 Å². The second-order valence-electron chi connectivity index (χ2n) is 5.97. The minimum Gasteiger partial charge on any atom is -0.493 e. The maximum Gasteiger partial charge on any atom is 0.266 e. The van der Waals surface area contributed by atoms with E-state index in [0.29, 0.717) is 39.8 Å². The largest absolute Gasteiger partial charge is 0.493 e. The molecule has 0 atom stereocenters. The summed E-state index contributed by atoms with van der Waals surface area (Å²) < 4.78 is 12.1. The summed E-state index contributed by atoms with van der Waals surface area (Å²) in [7, 11) is 3.08. The highest BCUT2D eigenvalue weighted by atomic mass is 32.2. The zero-order valence-corrected chi connectivity index (χ0v) is 17.0. The van der Waals surface area contributed by atoms with Crippen molar-refractivity contribution in [3.63, 3.8) is 0 Å². The van der Waals surface area contributed by atoms with Crippen LogP contribution in [0.1, 0.15) is 0 Å². The summed E-state index contributed by atoms with van der Waals surface area (Å²) in [5, 5.41) is 3.62. The lowest BCUT2D eigenvalue weighted by Gasteiger charge is -2.15. The van der Waals surface area contributed by atoms with E-state index in [1.165, 1.54) is 23.4 Å². The molecule has 3 rings (SSSR count). The lowest BCUT2D eigenvalue weighted by Crippen LogP contribution is -2.26. The lowest BCUT2D eigenvalue weighted by atomic mass is 10.2.